The fraction of sp³-hybridized carbons (Fsp3) is 0.680. The van der Waals surface area contributed by atoms with Gasteiger partial charge in [-0.3, -0.25) is 14.5 Å². The largest absolute Gasteiger partial charge is 0.379 e. The Balaban J connectivity index is 1.58. The Morgan fingerprint density at radius 2 is 1.77 bits per heavy atom. The summed E-state index contributed by atoms with van der Waals surface area (Å²) in [6.45, 7) is 11.8. The molecule has 0 bridgehead atoms. The summed E-state index contributed by atoms with van der Waals surface area (Å²) in [6.07, 6.45) is 3.93. The molecule has 2 fully saturated rings. The molecule has 0 aliphatic carbocycles. The minimum absolute atomic E-state index is 0.0284. The van der Waals surface area contributed by atoms with Gasteiger partial charge < -0.3 is 15.0 Å². The van der Waals surface area contributed by atoms with E-state index in [-0.39, 0.29) is 17.7 Å². The van der Waals surface area contributed by atoms with Gasteiger partial charge in [0.15, 0.2) is 0 Å². The van der Waals surface area contributed by atoms with Crippen LogP contribution in [0.1, 0.15) is 55.5 Å². The predicted octanol–water partition coefficient (Wildman–Crippen LogP) is 3.10. The minimum Gasteiger partial charge on any atom is -0.379 e. The molecule has 2 unspecified atom stereocenters. The molecule has 31 heavy (non-hydrogen) atoms. The van der Waals surface area contributed by atoms with E-state index in [1.165, 1.54) is 0 Å². The maximum Gasteiger partial charge on any atom is 0.253 e. The molecule has 6 heteroatoms. The topological polar surface area (TPSA) is 61.9 Å². The number of nitrogens with zero attached hydrogens (tertiary/aromatic N) is 2. The van der Waals surface area contributed by atoms with Crippen LogP contribution in [0.15, 0.2) is 24.3 Å². The van der Waals surface area contributed by atoms with Crippen molar-refractivity contribution in [2.75, 3.05) is 45.9 Å². The normalized spacial score (nSPS) is 21.2. The third-order valence-electron chi connectivity index (χ3n) is 6.97. The van der Waals surface area contributed by atoms with E-state index in [1.54, 1.807) is 0 Å². The summed E-state index contributed by atoms with van der Waals surface area (Å²) in [5, 5.41) is 3.25. The second-order valence-corrected chi connectivity index (χ2v) is 8.99. The number of carbonyl (C=O) groups is 2. The molecule has 2 saturated heterocycles. The van der Waals surface area contributed by atoms with Gasteiger partial charge in [0.05, 0.1) is 19.1 Å². The van der Waals surface area contributed by atoms with Crippen LogP contribution >= 0.6 is 0 Å². The summed E-state index contributed by atoms with van der Waals surface area (Å²) in [4.78, 5) is 30.3. The van der Waals surface area contributed by atoms with E-state index in [9.17, 15) is 9.59 Å². The maximum atomic E-state index is 13.0. The molecule has 2 aliphatic heterocycles. The fourth-order valence-electron chi connectivity index (χ4n) is 4.94. The van der Waals surface area contributed by atoms with Crippen LogP contribution in [0.5, 0.6) is 0 Å². The second kappa shape index (κ2) is 11.6. The average molecular weight is 430 g/mol. The Labute approximate surface area is 187 Å². The van der Waals surface area contributed by atoms with Gasteiger partial charge in [-0.1, -0.05) is 44.4 Å². The van der Waals surface area contributed by atoms with Gasteiger partial charge in [-0.2, -0.15) is 0 Å². The molecule has 2 aliphatic rings. The molecule has 0 radical (unpaired) electrons. The number of nitrogens with one attached hydrogen (secondary N) is 1. The van der Waals surface area contributed by atoms with Crippen LogP contribution in [0.4, 0.5) is 0 Å². The summed E-state index contributed by atoms with van der Waals surface area (Å²) in [6, 6.07) is 8.03. The molecule has 1 N–H and O–H groups in total. The van der Waals surface area contributed by atoms with Crippen LogP contribution in [-0.2, 0) is 9.53 Å². The fourth-order valence-corrected chi connectivity index (χ4v) is 4.94. The molecule has 2 heterocycles. The summed E-state index contributed by atoms with van der Waals surface area (Å²) in [5.41, 5.74) is 1.84. The van der Waals surface area contributed by atoms with Gasteiger partial charge in [0.1, 0.15) is 0 Å². The van der Waals surface area contributed by atoms with Crippen molar-refractivity contribution < 1.29 is 14.3 Å². The quantitative estimate of drug-likeness (QED) is 0.690. The van der Waals surface area contributed by atoms with E-state index in [1.807, 2.05) is 36.1 Å². The van der Waals surface area contributed by atoms with E-state index in [2.05, 4.69) is 24.1 Å². The van der Waals surface area contributed by atoms with Crippen molar-refractivity contribution in [2.24, 2.45) is 11.8 Å². The molecule has 1 aromatic carbocycles. The number of benzene rings is 1. The first kappa shape index (κ1) is 23.7. The number of rotatable bonds is 8. The van der Waals surface area contributed by atoms with Crippen LogP contribution in [0, 0.1) is 18.8 Å². The molecule has 2 atom stereocenters. The number of ether oxygens (including phenoxy) is 1. The Hall–Kier alpha value is -1.92. The standard InChI is InChI=1S/C25H39N3O3/c1-4-20(5-2)23(27-13-15-31-16-14-27)17-26-24(29)22-7-6-12-28(18-22)25(30)21-10-8-19(3)9-11-21/h8-11,20,22-23H,4-7,12-18H2,1-3H3,(H,26,29). The van der Waals surface area contributed by atoms with Crippen LogP contribution in [-0.4, -0.2) is 73.6 Å². The zero-order valence-corrected chi connectivity index (χ0v) is 19.4. The third-order valence-corrected chi connectivity index (χ3v) is 6.97. The van der Waals surface area contributed by atoms with Crippen molar-refractivity contribution in [1.29, 1.82) is 0 Å². The lowest BCUT2D eigenvalue weighted by Gasteiger charge is -2.39. The van der Waals surface area contributed by atoms with Gasteiger partial charge >= 0.3 is 0 Å². The smallest absolute Gasteiger partial charge is 0.253 e. The highest BCUT2D eigenvalue weighted by Crippen LogP contribution is 2.22. The molecule has 0 saturated carbocycles. The van der Waals surface area contributed by atoms with Crippen molar-refractivity contribution in [2.45, 2.75) is 52.5 Å². The number of aryl methyl sites for hydroxylation is 1. The highest BCUT2D eigenvalue weighted by atomic mass is 16.5. The van der Waals surface area contributed by atoms with E-state index >= 15 is 0 Å². The Kier molecular flexibility index (Phi) is 8.90. The number of piperidine rings is 1. The molecular weight excluding hydrogens is 390 g/mol. The third kappa shape index (κ3) is 6.30. The SMILES string of the molecule is CCC(CC)C(CNC(=O)C1CCCN(C(=O)c2ccc(C)cc2)C1)N1CCOCC1. The second-order valence-electron chi connectivity index (χ2n) is 8.99. The van der Waals surface area contributed by atoms with E-state index in [4.69, 9.17) is 4.74 Å². The highest BCUT2D eigenvalue weighted by molar-refractivity contribution is 5.94. The minimum atomic E-state index is -0.129. The van der Waals surface area contributed by atoms with Gasteiger partial charge in [-0.25, -0.2) is 0 Å². The van der Waals surface area contributed by atoms with Gasteiger partial charge in [-0.15, -0.1) is 0 Å². The maximum absolute atomic E-state index is 13.0. The van der Waals surface area contributed by atoms with Crippen LogP contribution in [0.25, 0.3) is 0 Å². The molecule has 0 aromatic heterocycles. The molecule has 0 spiro atoms. The summed E-state index contributed by atoms with van der Waals surface area (Å²) in [7, 11) is 0. The van der Waals surface area contributed by atoms with Gasteiger partial charge in [-0.05, 0) is 37.8 Å². The zero-order valence-electron chi connectivity index (χ0n) is 19.4. The zero-order chi connectivity index (χ0) is 22.2. The molecule has 172 valence electrons. The Morgan fingerprint density at radius 1 is 1.10 bits per heavy atom. The number of carbonyl (C=O) groups excluding carboxylic acids is 2. The Bertz CT molecular complexity index is 711. The van der Waals surface area contributed by atoms with Crippen molar-refractivity contribution in [1.82, 2.24) is 15.1 Å². The number of likely N-dealkylation sites (tertiary alicyclic amines) is 1. The van der Waals surface area contributed by atoms with Gasteiger partial charge in [0, 0.05) is 44.3 Å². The van der Waals surface area contributed by atoms with Crippen molar-refractivity contribution >= 4 is 11.8 Å². The van der Waals surface area contributed by atoms with Crippen molar-refractivity contribution in [3.63, 3.8) is 0 Å². The Morgan fingerprint density at radius 3 is 2.42 bits per heavy atom. The first-order valence-corrected chi connectivity index (χ1v) is 12.0. The highest BCUT2D eigenvalue weighted by Gasteiger charge is 2.31. The van der Waals surface area contributed by atoms with Gasteiger partial charge in [0.25, 0.3) is 5.91 Å². The van der Waals surface area contributed by atoms with E-state index < -0.39 is 0 Å². The molecular formula is C25H39N3O3. The lowest BCUT2D eigenvalue weighted by atomic mass is 9.91. The molecule has 6 nitrogen and oxygen atoms in total. The monoisotopic (exact) mass is 429 g/mol. The summed E-state index contributed by atoms with van der Waals surface area (Å²) < 4.78 is 5.53. The number of hydrogen-bond acceptors (Lipinski definition) is 4. The molecule has 3 rings (SSSR count). The summed E-state index contributed by atoms with van der Waals surface area (Å²) in [5.74, 6) is 0.547. The van der Waals surface area contributed by atoms with Crippen molar-refractivity contribution in [3.8, 4) is 0 Å². The van der Waals surface area contributed by atoms with Crippen LogP contribution in [0.3, 0.4) is 0 Å². The first-order valence-electron chi connectivity index (χ1n) is 12.0. The van der Waals surface area contributed by atoms with E-state index in [0.29, 0.717) is 30.6 Å². The molecule has 2 amide bonds. The predicted molar refractivity (Wildman–Crippen MR) is 123 cm³/mol. The first-order chi connectivity index (χ1) is 15.0. The number of hydrogen-bond donors (Lipinski definition) is 1. The van der Waals surface area contributed by atoms with Crippen LogP contribution in [0.2, 0.25) is 0 Å². The summed E-state index contributed by atoms with van der Waals surface area (Å²) >= 11 is 0. The average Bonchev–Trinajstić information content (AvgIpc) is 2.82. The lowest BCUT2D eigenvalue weighted by molar-refractivity contribution is -0.126. The number of morpholine rings is 1. The number of amides is 2. The van der Waals surface area contributed by atoms with Crippen LogP contribution < -0.4 is 5.32 Å². The molecule has 1 aromatic rings. The van der Waals surface area contributed by atoms with Crippen molar-refractivity contribution in [3.05, 3.63) is 35.4 Å². The van der Waals surface area contributed by atoms with E-state index in [0.717, 1.165) is 64.1 Å². The van der Waals surface area contributed by atoms with Gasteiger partial charge in [0.2, 0.25) is 5.91 Å². The lowest BCUT2D eigenvalue weighted by Crippen LogP contribution is -2.53.